The molecule has 0 unspecified atom stereocenters. The first kappa shape index (κ1) is 15.4. The van der Waals surface area contributed by atoms with E-state index in [4.69, 9.17) is 0 Å². The molecular formula is C15H16Br2N2O. The fourth-order valence-electron chi connectivity index (χ4n) is 1.98. The van der Waals surface area contributed by atoms with Crippen LogP contribution in [0.4, 0.5) is 0 Å². The number of carbonyl (C=O) groups is 1. The van der Waals surface area contributed by atoms with Gasteiger partial charge in [0.05, 0.1) is 5.54 Å². The van der Waals surface area contributed by atoms with Crippen LogP contribution in [0.15, 0.2) is 36.5 Å². The molecule has 0 aliphatic heterocycles. The zero-order valence-electron chi connectivity index (χ0n) is 11.2. The summed E-state index contributed by atoms with van der Waals surface area (Å²) in [5, 5.41) is 6.38. The molecule has 0 radical (unpaired) electrons. The van der Waals surface area contributed by atoms with Gasteiger partial charge in [0.25, 0.3) is 5.91 Å². The third kappa shape index (κ3) is 3.04. The number of pyridine rings is 1. The average molecular weight is 400 g/mol. The summed E-state index contributed by atoms with van der Waals surface area (Å²) in [6, 6.07) is 9.69. The van der Waals surface area contributed by atoms with Crippen LogP contribution in [-0.2, 0) is 0 Å². The van der Waals surface area contributed by atoms with Crippen molar-refractivity contribution >= 4 is 48.5 Å². The fourth-order valence-corrected chi connectivity index (χ4v) is 3.98. The molecule has 0 fully saturated rings. The van der Waals surface area contributed by atoms with E-state index in [0.29, 0.717) is 16.4 Å². The molecule has 20 heavy (non-hydrogen) atoms. The number of hydrogen-bond acceptors (Lipinski definition) is 2. The second kappa shape index (κ2) is 6.68. The Morgan fingerprint density at radius 1 is 1.25 bits per heavy atom. The van der Waals surface area contributed by atoms with Crippen LogP contribution in [0.1, 0.15) is 23.8 Å². The van der Waals surface area contributed by atoms with Crippen molar-refractivity contribution < 1.29 is 4.79 Å². The van der Waals surface area contributed by atoms with Crippen molar-refractivity contribution in [2.75, 3.05) is 10.7 Å². The first-order valence-electron chi connectivity index (χ1n) is 6.44. The zero-order valence-corrected chi connectivity index (χ0v) is 14.4. The second-order valence-corrected chi connectivity index (χ2v) is 5.86. The monoisotopic (exact) mass is 398 g/mol. The Hall–Kier alpha value is -0.940. The summed E-state index contributed by atoms with van der Waals surface area (Å²) in [5.41, 5.74) is 0.179. The minimum absolute atomic E-state index is 0.137. The lowest BCUT2D eigenvalue weighted by Gasteiger charge is -2.29. The molecule has 0 aliphatic rings. The van der Waals surface area contributed by atoms with E-state index in [9.17, 15) is 4.79 Å². The maximum Gasteiger partial charge on any atom is 0.271 e. The molecule has 1 aromatic heterocycles. The predicted octanol–water partition coefficient (Wildman–Crippen LogP) is 3.90. The Morgan fingerprint density at radius 2 is 1.95 bits per heavy atom. The summed E-state index contributed by atoms with van der Waals surface area (Å²) < 4.78 is 0. The van der Waals surface area contributed by atoms with Crippen LogP contribution in [0.5, 0.6) is 0 Å². The number of aromatic nitrogens is 1. The van der Waals surface area contributed by atoms with Gasteiger partial charge in [-0.1, -0.05) is 63.0 Å². The van der Waals surface area contributed by atoms with Crippen LogP contribution in [0.3, 0.4) is 0 Å². The number of halogens is 2. The van der Waals surface area contributed by atoms with Crippen LogP contribution in [0.25, 0.3) is 10.8 Å². The summed E-state index contributed by atoms with van der Waals surface area (Å²) in [4.78, 5) is 16.8. The van der Waals surface area contributed by atoms with Crippen molar-refractivity contribution in [1.82, 2.24) is 10.3 Å². The number of nitrogens with zero attached hydrogens (tertiary/aromatic N) is 1. The van der Waals surface area contributed by atoms with Gasteiger partial charge in [0.1, 0.15) is 5.69 Å². The molecule has 0 spiro atoms. The van der Waals surface area contributed by atoms with Gasteiger partial charge in [-0.05, 0) is 17.9 Å². The van der Waals surface area contributed by atoms with E-state index in [1.54, 1.807) is 6.20 Å². The number of nitrogens with one attached hydrogen (secondary N) is 1. The van der Waals surface area contributed by atoms with Crippen LogP contribution in [0.2, 0.25) is 0 Å². The number of alkyl halides is 2. The smallest absolute Gasteiger partial charge is 0.271 e. The molecule has 3 nitrogen and oxygen atoms in total. The maximum atomic E-state index is 12.5. The summed E-state index contributed by atoms with van der Waals surface area (Å²) in [6.45, 7) is 2.05. The van der Waals surface area contributed by atoms with E-state index >= 15 is 0 Å². The minimum Gasteiger partial charge on any atom is -0.344 e. The van der Waals surface area contributed by atoms with Gasteiger partial charge in [-0.15, -0.1) is 0 Å². The van der Waals surface area contributed by atoms with Crippen LogP contribution in [0, 0.1) is 0 Å². The van der Waals surface area contributed by atoms with Crippen LogP contribution in [-0.4, -0.2) is 27.1 Å². The van der Waals surface area contributed by atoms with Gasteiger partial charge in [0.2, 0.25) is 0 Å². The van der Waals surface area contributed by atoms with E-state index in [2.05, 4.69) is 49.1 Å². The van der Waals surface area contributed by atoms with Gasteiger partial charge < -0.3 is 5.32 Å². The van der Waals surface area contributed by atoms with Gasteiger partial charge in [0, 0.05) is 22.2 Å². The molecule has 1 aromatic carbocycles. The maximum absolute atomic E-state index is 12.5. The van der Waals surface area contributed by atoms with Gasteiger partial charge in [-0.3, -0.25) is 9.78 Å². The zero-order chi connectivity index (χ0) is 14.6. The topological polar surface area (TPSA) is 42.0 Å². The van der Waals surface area contributed by atoms with Crippen molar-refractivity contribution in [2.24, 2.45) is 0 Å². The Kier molecular flexibility index (Phi) is 5.16. The highest BCUT2D eigenvalue weighted by molar-refractivity contribution is 9.09. The van der Waals surface area contributed by atoms with Crippen molar-refractivity contribution in [3.63, 3.8) is 0 Å². The van der Waals surface area contributed by atoms with Gasteiger partial charge in [0.15, 0.2) is 0 Å². The Balaban J connectivity index is 2.37. The van der Waals surface area contributed by atoms with E-state index in [1.165, 1.54) is 0 Å². The third-order valence-electron chi connectivity index (χ3n) is 3.46. The first-order valence-corrected chi connectivity index (χ1v) is 8.68. The lowest BCUT2D eigenvalue weighted by molar-refractivity contribution is 0.0912. The summed E-state index contributed by atoms with van der Waals surface area (Å²) in [7, 11) is 0. The van der Waals surface area contributed by atoms with Gasteiger partial charge in [-0.25, -0.2) is 0 Å². The fraction of sp³-hybridized carbons (Fsp3) is 0.333. The number of hydrogen-bond donors (Lipinski definition) is 1. The van der Waals surface area contributed by atoms with E-state index < -0.39 is 0 Å². The minimum atomic E-state index is -0.296. The quantitative estimate of drug-likeness (QED) is 0.774. The Labute approximate surface area is 135 Å². The lowest BCUT2D eigenvalue weighted by Crippen LogP contribution is -2.51. The molecule has 5 heteroatoms. The molecule has 106 valence electrons. The highest BCUT2D eigenvalue weighted by Gasteiger charge is 2.29. The number of rotatable bonds is 5. The molecule has 0 saturated carbocycles. The van der Waals surface area contributed by atoms with E-state index in [1.807, 2.05) is 30.3 Å². The number of amides is 1. The molecular weight excluding hydrogens is 384 g/mol. The van der Waals surface area contributed by atoms with Crippen molar-refractivity contribution in [1.29, 1.82) is 0 Å². The van der Waals surface area contributed by atoms with Crippen molar-refractivity contribution in [3.8, 4) is 0 Å². The normalized spacial score (nSPS) is 11.6. The van der Waals surface area contributed by atoms with Crippen LogP contribution >= 0.6 is 31.9 Å². The number of carbonyl (C=O) groups excluding carboxylic acids is 1. The Morgan fingerprint density at radius 3 is 2.60 bits per heavy atom. The lowest BCUT2D eigenvalue weighted by atomic mass is 10.0. The third-order valence-corrected chi connectivity index (χ3v) is 5.60. The predicted molar refractivity (Wildman–Crippen MR) is 89.8 cm³/mol. The first-order chi connectivity index (χ1) is 9.65. The standard InChI is InChI=1S/C15H16Br2N2O/c1-2-15(9-16,10-17)19-14(20)13-12-6-4-3-5-11(12)7-8-18-13/h3-8H,2,9-10H2,1H3,(H,19,20). The molecule has 0 saturated heterocycles. The molecule has 1 N–H and O–H groups in total. The number of benzene rings is 1. The molecule has 0 bridgehead atoms. The molecule has 0 atom stereocenters. The van der Waals surface area contributed by atoms with E-state index in [0.717, 1.165) is 17.2 Å². The van der Waals surface area contributed by atoms with Crippen molar-refractivity contribution in [2.45, 2.75) is 18.9 Å². The molecule has 1 amide bonds. The second-order valence-electron chi connectivity index (χ2n) is 4.74. The number of fused-ring (bicyclic) bond motifs is 1. The highest BCUT2D eigenvalue weighted by Crippen LogP contribution is 2.20. The summed E-state index contributed by atoms with van der Waals surface area (Å²) in [5.74, 6) is -0.137. The summed E-state index contributed by atoms with van der Waals surface area (Å²) >= 11 is 6.96. The van der Waals surface area contributed by atoms with Crippen molar-refractivity contribution in [3.05, 3.63) is 42.2 Å². The van der Waals surface area contributed by atoms with Gasteiger partial charge >= 0.3 is 0 Å². The highest BCUT2D eigenvalue weighted by atomic mass is 79.9. The molecule has 2 aromatic rings. The SMILES string of the molecule is CCC(CBr)(CBr)NC(=O)c1nccc2ccccc12. The van der Waals surface area contributed by atoms with Crippen LogP contribution < -0.4 is 5.32 Å². The largest absolute Gasteiger partial charge is 0.344 e. The molecule has 2 rings (SSSR count). The average Bonchev–Trinajstić information content (AvgIpc) is 2.52. The molecule has 1 heterocycles. The van der Waals surface area contributed by atoms with E-state index in [-0.39, 0.29) is 11.4 Å². The summed E-state index contributed by atoms with van der Waals surface area (Å²) in [6.07, 6.45) is 2.51. The molecule has 0 aliphatic carbocycles. The van der Waals surface area contributed by atoms with Gasteiger partial charge in [-0.2, -0.15) is 0 Å². The Bertz CT molecular complexity index is 598.